The second kappa shape index (κ2) is 12.1. The second-order valence-corrected chi connectivity index (χ2v) is 9.94. The molecule has 3 heteroatoms. The first-order chi connectivity index (χ1) is 14.6. The van der Waals surface area contributed by atoms with Crippen molar-refractivity contribution in [3.63, 3.8) is 0 Å². The van der Waals surface area contributed by atoms with Gasteiger partial charge in [0.05, 0.1) is 10.8 Å². The standard InChI is InChI=1S/C27H37Cl2N/c1-3-17-30(18-16-21-8-6-5-7-9-21)25(4-2)15-12-22-10-13-23(14-11-22)24-19-26(28)27(29)20-24/h5-11,13-14,24-27H,3-4,12,15-20H2,1-2H3. The summed E-state index contributed by atoms with van der Waals surface area (Å²) in [4.78, 5) is 2.71. The van der Waals surface area contributed by atoms with Crippen LogP contribution in [0.4, 0.5) is 0 Å². The molecule has 3 rings (SSSR count). The Balaban J connectivity index is 1.53. The maximum absolute atomic E-state index is 6.32. The molecule has 2 aromatic rings. The fraction of sp³-hybridized carbons (Fsp3) is 0.556. The maximum Gasteiger partial charge on any atom is 0.0505 e. The normalized spacial score (nSPS) is 22.5. The lowest BCUT2D eigenvalue weighted by atomic mass is 9.95. The first-order valence-electron chi connectivity index (χ1n) is 11.8. The maximum atomic E-state index is 6.32. The Morgan fingerprint density at radius 3 is 2.07 bits per heavy atom. The molecule has 0 bridgehead atoms. The monoisotopic (exact) mass is 445 g/mol. The molecule has 0 aromatic heterocycles. The van der Waals surface area contributed by atoms with Gasteiger partial charge in [-0.25, -0.2) is 0 Å². The summed E-state index contributed by atoms with van der Waals surface area (Å²) >= 11 is 12.6. The van der Waals surface area contributed by atoms with Gasteiger partial charge >= 0.3 is 0 Å². The average Bonchev–Trinajstić information content (AvgIpc) is 3.11. The van der Waals surface area contributed by atoms with Crippen molar-refractivity contribution in [2.45, 2.75) is 81.5 Å². The zero-order chi connectivity index (χ0) is 21.3. The van der Waals surface area contributed by atoms with E-state index >= 15 is 0 Å². The highest BCUT2D eigenvalue weighted by atomic mass is 35.5. The number of benzene rings is 2. The van der Waals surface area contributed by atoms with E-state index in [1.807, 2.05) is 0 Å². The summed E-state index contributed by atoms with van der Waals surface area (Å²) in [6.07, 6.45) is 7.93. The Bertz CT molecular complexity index is 720. The van der Waals surface area contributed by atoms with Gasteiger partial charge in [0.2, 0.25) is 0 Å². The zero-order valence-corrected chi connectivity index (χ0v) is 20.1. The van der Waals surface area contributed by atoms with Crippen LogP contribution in [0.3, 0.4) is 0 Å². The van der Waals surface area contributed by atoms with Gasteiger partial charge in [0, 0.05) is 12.6 Å². The number of halogens is 2. The molecule has 164 valence electrons. The molecule has 1 aliphatic carbocycles. The van der Waals surface area contributed by atoms with Crippen molar-refractivity contribution in [2.75, 3.05) is 13.1 Å². The molecule has 0 radical (unpaired) electrons. The lowest BCUT2D eigenvalue weighted by Crippen LogP contribution is -2.37. The van der Waals surface area contributed by atoms with Crippen LogP contribution < -0.4 is 0 Å². The SMILES string of the molecule is CCCN(CCc1ccccc1)C(CC)CCc1ccc(C2CC(Cl)C(Cl)C2)cc1. The number of hydrogen-bond acceptors (Lipinski definition) is 1. The third-order valence-electron chi connectivity index (χ3n) is 6.66. The molecule has 1 aliphatic rings. The van der Waals surface area contributed by atoms with Gasteiger partial charge in [-0.05, 0) is 74.1 Å². The van der Waals surface area contributed by atoms with Crippen LogP contribution in [0.1, 0.15) is 68.6 Å². The molecule has 3 atom stereocenters. The quantitative estimate of drug-likeness (QED) is 0.324. The average molecular weight is 447 g/mol. The van der Waals surface area contributed by atoms with E-state index in [0.717, 1.165) is 32.2 Å². The number of hydrogen-bond donors (Lipinski definition) is 0. The van der Waals surface area contributed by atoms with Crippen LogP contribution in [0.5, 0.6) is 0 Å². The van der Waals surface area contributed by atoms with E-state index in [0.29, 0.717) is 12.0 Å². The smallest absolute Gasteiger partial charge is 0.0505 e. The highest BCUT2D eigenvalue weighted by Gasteiger charge is 2.32. The van der Waals surface area contributed by atoms with Gasteiger partial charge in [0.1, 0.15) is 0 Å². The minimum Gasteiger partial charge on any atom is -0.300 e. The van der Waals surface area contributed by atoms with Crippen molar-refractivity contribution in [2.24, 2.45) is 0 Å². The predicted octanol–water partition coefficient (Wildman–Crippen LogP) is 7.44. The van der Waals surface area contributed by atoms with Gasteiger partial charge in [0.15, 0.2) is 0 Å². The third kappa shape index (κ3) is 6.74. The Labute approximate surface area is 193 Å². The molecule has 0 amide bonds. The minimum atomic E-state index is 0.113. The van der Waals surface area contributed by atoms with E-state index < -0.39 is 0 Å². The Morgan fingerprint density at radius 2 is 1.47 bits per heavy atom. The van der Waals surface area contributed by atoms with Crippen LogP contribution in [0.15, 0.2) is 54.6 Å². The molecule has 0 aliphatic heterocycles. The molecule has 2 aromatic carbocycles. The lowest BCUT2D eigenvalue weighted by Gasteiger charge is -2.31. The van der Waals surface area contributed by atoms with E-state index in [1.165, 1.54) is 42.5 Å². The first-order valence-corrected chi connectivity index (χ1v) is 12.6. The molecule has 1 saturated carbocycles. The van der Waals surface area contributed by atoms with Gasteiger partial charge in [0.25, 0.3) is 0 Å². The molecule has 0 heterocycles. The molecule has 30 heavy (non-hydrogen) atoms. The lowest BCUT2D eigenvalue weighted by molar-refractivity contribution is 0.183. The Kier molecular flexibility index (Phi) is 9.56. The van der Waals surface area contributed by atoms with Gasteiger partial charge in [-0.15, -0.1) is 23.2 Å². The van der Waals surface area contributed by atoms with Crippen LogP contribution in [0.25, 0.3) is 0 Å². The van der Waals surface area contributed by atoms with Crippen LogP contribution in [0, 0.1) is 0 Å². The van der Waals surface area contributed by atoms with Crippen LogP contribution in [0.2, 0.25) is 0 Å². The number of nitrogens with zero attached hydrogens (tertiary/aromatic N) is 1. The van der Waals surface area contributed by atoms with Crippen molar-refractivity contribution < 1.29 is 0 Å². The van der Waals surface area contributed by atoms with Crippen LogP contribution in [-0.2, 0) is 12.8 Å². The van der Waals surface area contributed by atoms with E-state index in [-0.39, 0.29) is 10.8 Å². The summed E-state index contributed by atoms with van der Waals surface area (Å²) < 4.78 is 0. The third-order valence-corrected chi connectivity index (χ3v) is 7.75. The van der Waals surface area contributed by atoms with Crippen molar-refractivity contribution in [3.8, 4) is 0 Å². The molecule has 0 spiro atoms. The Morgan fingerprint density at radius 1 is 0.833 bits per heavy atom. The van der Waals surface area contributed by atoms with Gasteiger partial charge in [-0.1, -0.05) is 68.4 Å². The fourth-order valence-electron chi connectivity index (χ4n) is 4.82. The highest BCUT2D eigenvalue weighted by molar-refractivity contribution is 6.30. The van der Waals surface area contributed by atoms with Gasteiger partial charge in [-0.2, -0.15) is 0 Å². The van der Waals surface area contributed by atoms with Crippen molar-refractivity contribution in [1.29, 1.82) is 0 Å². The zero-order valence-electron chi connectivity index (χ0n) is 18.6. The van der Waals surface area contributed by atoms with E-state index in [4.69, 9.17) is 23.2 Å². The summed E-state index contributed by atoms with van der Waals surface area (Å²) in [7, 11) is 0. The van der Waals surface area contributed by atoms with Crippen molar-refractivity contribution in [3.05, 3.63) is 71.3 Å². The van der Waals surface area contributed by atoms with Crippen LogP contribution in [-0.4, -0.2) is 34.8 Å². The minimum absolute atomic E-state index is 0.113. The second-order valence-electron chi connectivity index (χ2n) is 8.81. The van der Waals surface area contributed by atoms with Crippen molar-refractivity contribution >= 4 is 23.2 Å². The number of aryl methyl sites for hydroxylation is 1. The van der Waals surface area contributed by atoms with Gasteiger partial charge in [-0.3, -0.25) is 0 Å². The molecular formula is C27H37Cl2N. The summed E-state index contributed by atoms with van der Waals surface area (Å²) in [5, 5.41) is 0.226. The number of rotatable bonds is 11. The largest absolute Gasteiger partial charge is 0.300 e. The fourth-order valence-corrected chi connectivity index (χ4v) is 5.46. The highest BCUT2D eigenvalue weighted by Crippen LogP contribution is 2.40. The molecule has 1 fully saturated rings. The summed E-state index contributed by atoms with van der Waals surface area (Å²) in [5.41, 5.74) is 4.28. The van der Waals surface area contributed by atoms with E-state index in [9.17, 15) is 0 Å². The van der Waals surface area contributed by atoms with Gasteiger partial charge < -0.3 is 4.90 Å². The van der Waals surface area contributed by atoms with Crippen LogP contribution >= 0.6 is 23.2 Å². The topological polar surface area (TPSA) is 3.24 Å². The van der Waals surface area contributed by atoms with E-state index in [1.54, 1.807) is 0 Å². The molecule has 1 nitrogen and oxygen atoms in total. The molecular weight excluding hydrogens is 409 g/mol. The van der Waals surface area contributed by atoms with E-state index in [2.05, 4.69) is 73.3 Å². The Hall–Kier alpha value is -1.02. The van der Waals surface area contributed by atoms with Crippen molar-refractivity contribution in [1.82, 2.24) is 4.90 Å². The predicted molar refractivity (Wildman–Crippen MR) is 132 cm³/mol. The molecule has 0 N–H and O–H groups in total. The summed E-state index contributed by atoms with van der Waals surface area (Å²) in [5.74, 6) is 0.519. The molecule has 0 saturated heterocycles. The molecule has 3 unspecified atom stereocenters. The summed E-state index contributed by atoms with van der Waals surface area (Å²) in [6, 6.07) is 20.8. The first kappa shape index (κ1) is 23.6. The number of alkyl halides is 2. The summed E-state index contributed by atoms with van der Waals surface area (Å²) in [6.45, 7) is 6.96.